The highest BCUT2D eigenvalue weighted by atomic mass is 32.2. The van der Waals surface area contributed by atoms with Crippen LogP contribution in [0.25, 0.3) is 0 Å². The van der Waals surface area contributed by atoms with E-state index in [-0.39, 0.29) is 12.6 Å². The van der Waals surface area contributed by atoms with Gasteiger partial charge in [-0.3, -0.25) is 0 Å². The van der Waals surface area contributed by atoms with Crippen molar-refractivity contribution >= 4 is 10.0 Å². The Bertz CT molecular complexity index is 1030. The molecule has 0 spiro atoms. The summed E-state index contributed by atoms with van der Waals surface area (Å²) in [6, 6.07) is 24.0. The van der Waals surface area contributed by atoms with Gasteiger partial charge in [-0.25, -0.2) is 8.42 Å². The van der Waals surface area contributed by atoms with Gasteiger partial charge in [-0.05, 0) is 62.2 Å². The van der Waals surface area contributed by atoms with Crippen LogP contribution >= 0.6 is 0 Å². The van der Waals surface area contributed by atoms with Gasteiger partial charge in [0.15, 0.2) is 0 Å². The molecule has 0 aromatic heterocycles. The van der Waals surface area contributed by atoms with Crippen molar-refractivity contribution in [3.63, 3.8) is 0 Å². The summed E-state index contributed by atoms with van der Waals surface area (Å²) in [4.78, 5) is 0.320. The first-order valence-electron chi connectivity index (χ1n) is 9.80. The molecule has 0 aliphatic rings. The Kier molecular flexibility index (Phi) is 6.72. The van der Waals surface area contributed by atoms with Crippen molar-refractivity contribution < 1.29 is 13.2 Å². The molecule has 0 radical (unpaired) electrons. The second kappa shape index (κ2) is 9.25. The molecule has 0 aliphatic heterocycles. The minimum absolute atomic E-state index is 0.125. The van der Waals surface area contributed by atoms with E-state index in [1.54, 1.807) is 16.4 Å². The van der Waals surface area contributed by atoms with Crippen LogP contribution in [0.5, 0.6) is 11.5 Å². The predicted molar refractivity (Wildman–Crippen MR) is 117 cm³/mol. The first-order chi connectivity index (χ1) is 13.9. The van der Waals surface area contributed by atoms with Crippen LogP contribution in [0.3, 0.4) is 0 Å². The fourth-order valence-corrected chi connectivity index (χ4v) is 4.73. The van der Waals surface area contributed by atoms with E-state index in [1.165, 1.54) is 0 Å². The second-order valence-electron chi connectivity index (χ2n) is 7.18. The first kappa shape index (κ1) is 21.1. The van der Waals surface area contributed by atoms with Gasteiger partial charge in [0.2, 0.25) is 10.0 Å². The van der Waals surface area contributed by atoms with E-state index in [1.807, 2.05) is 87.5 Å². The van der Waals surface area contributed by atoms with Crippen molar-refractivity contribution in [3.05, 3.63) is 90.0 Å². The fourth-order valence-electron chi connectivity index (χ4n) is 3.04. The molecule has 0 saturated heterocycles. The zero-order valence-electron chi connectivity index (χ0n) is 17.1. The van der Waals surface area contributed by atoms with E-state index in [9.17, 15) is 8.42 Å². The normalized spacial score (nSPS) is 12.7. The Hall–Kier alpha value is -2.63. The van der Waals surface area contributed by atoms with Gasteiger partial charge < -0.3 is 4.74 Å². The first-order valence-corrected chi connectivity index (χ1v) is 11.2. The SMILES string of the molecule is CCC(C)N(Cc1cccc(Oc2ccccc2)c1)S(=O)(=O)c1ccc(C)cc1. The third-order valence-corrected chi connectivity index (χ3v) is 6.90. The van der Waals surface area contributed by atoms with Crippen LogP contribution in [0.4, 0.5) is 0 Å². The lowest BCUT2D eigenvalue weighted by Gasteiger charge is -2.28. The van der Waals surface area contributed by atoms with Crippen LogP contribution in [0.1, 0.15) is 31.4 Å². The quantitative estimate of drug-likeness (QED) is 0.474. The van der Waals surface area contributed by atoms with Crippen LogP contribution < -0.4 is 4.74 Å². The van der Waals surface area contributed by atoms with Crippen LogP contribution in [0.15, 0.2) is 83.8 Å². The van der Waals surface area contributed by atoms with Gasteiger partial charge in [-0.1, -0.05) is 55.0 Å². The molecule has 29 heavy (non-hydrogen) atoms. The Morgan fingerprint density at radius 1 is 0.897 bits per heavy atom. The van der Waals surface area contributed by atoms with Crippen LogP contribution in [-0.4, -0.2) is 18.8 Å². The number of rotatable bonds is 8. The van der Waals surface area contributed by atoms with Gasteiger partial charge in [0.05, 0.1) is 4.90 Å². The molecule has 3 rings (SSSR count). The molecule has 0 fully saturated rings. The van der Waals surface area contributed by atoms with Crippen LogP contribution in [-0.2, 0) is 16.6 Å². The molecule has 0 saturated carbocycles. The summed E-state index contributed by atoms with van der Waals surface area (Å²) < 4.78 is 34.1. The molecule has 5 heteroatoms. The molecule has 1 atom stereocenters. The van der Waals surface area contributed by atoms with Gasteiger partial charge in [0.1, 0.15) is 11.5 Å². The van der Waals surface area contributed by atoms with Crippen molar-refractivity contribution in [1.82, 2.24) is 4.31 Å². The van der Waals surface area contributed by atoms with E-state index < -0.39 is 10.0 Å². The summed E-state index contributed by atoms with van der Waals surface area (Å²) >= 11 is 0. The summed E-state index contributed by atoms with van der Waals surface area (Å²) in [5.74, 6) is 1.43. The Morgan fingerprint density at radius 3 is 2.21 bits per heavy atom. The highest BCUT2D eigenvalue weighted by molar-refractivity contribution is 7.89. The van der Waals surface area contributed by atoms with Gasteiger partial charge in [0.25, 0.3) is 0 Å². The average molecular weight is 410 g/mol. The molecular weight excluding hydrogens is 382 g/mol. The summed E-state index contributed by atoms with van der Waals surface area (Å²) in [5, 5.41) is 0. The molecule has 0 amide bonds. The Balaban J connectivity index is 1.87. The van der Waals surface area contributed by atoms with Crippen LogP contribution in [0, 0.1) is 6.92 Å². The van der Waals surface area contributed by atoms with Gasteiger partial charge >= 0.3 is 0 Å². The lowest BCUT2D eigenvalue weighted by atomic mass is 10.2. The third kappa shape index (κ3) is 5.25. The number of benzene rings is 3. The lowest BCUT2D eigenvalue weighted by Crippen LogP contribution is -2.37. The fraction of sp³-hybridized carbons (Fsp3) is 0.250. The molecule has 0 N–H and O–H groups in total. The Morgan fingerprint density at radius 2 is 1.55 bits per heavy atom. The third-order valence-electron chi connectivity index (χ3n) is 4.93. The molecule has 4 nitrogen and oxygen atoms in total. The molecule has 3 aromatic rings. The largest absolute Gasteiger partial charge is 0.457 e. The highest BCUT2D eigenvalue weighted by Gasteiger charge is 2.28. The zero-order chi connectivity index (χ0) is 20.9. The maximum Gasteiger partial charge on any atom is 0.243 e. The van der Waals surface area contributed by atoms with E-state index in [0.717, 1.165) is 23.3 Å². The van der Waals surface area contributed by atoms with E-state index in [2.05, 4.69) is 0 Å². The summed E-state index contributed by atoms with van der Waals surface area (Å²) in [7, 11) is -3.61. The monoisotopic (exact) mass is 409 g/mol. The smallest absolute Gasteiger partial charge is 0.243 e. The maximum atomic E-state index is 13.3. The van der Waals surface area contributed by atoms with Crippen molar-refractivity contribution in [2.75, 3.05) is 0 Å². The lowest BCUT2D eigenvalue weighted by molar-refractivity contribution is 0.322. The van der Waals surface area contributed by atoms with E-state index in [4.69, 9.17) is 4.74 Å². The predicted octanol–water partition coefficient (Wildman–Crippen LogP) is 5.78. The topological polar surface area (TPSA) is 46.6 Å². The summed E-state index contributed by atoms with van der Waals surface area (Å²) in [6.45, 7) is 6.17. The summed E-state index contributed by atoms with van der Waals surface area (Å²) in [6.07, 6.45) is 0.727. The molecule has 0 aliphatic carbocycles. The van der Waals surface area contributed by atoms with Crippen molar-refractivity contribution in [2.45, 2.75) is 44.7 Å². The number of hydrogen-bond donors (Lipinski definition) is 0. The number of nitrogens with zero attached hydrogens (tertiary/aromatic N) is 1. The average Bonchev–Trinajstić information content (AvgIpc) is 2.73. The molecular formula is C24H27NO3S. The molecule has 152 valence electrons. The van der Waals surface area contributed by atoms with E-state index >= 15 is 0 Å². The maximum absolute atomic E-state index is 13.3. The highest BCUT2D eigenvalue weighted by Crippen LogP contribution is 2.26. The van der Waals surface area contributed by atoms with Gasteiger partial charge in [-0.2, -0.15) is 4.31 Å². The van der Waals surface area contributed by atoms with Crippen molar-refractivity contribution in [3.8, 4) is 11.5 Å². The van der Waals surface area contributed by atoms with Gasteiger partial charge in [0, 0.05) is 12.6 Å². The standard InChI is InChI=1S/C24H27NO3S/c1-4-20(3)25(29(26,27)24-15-13-19(2)14-16-24)18-21-9-8-12-23(17-21)28-22-10-6-5-7-11-22/h5-17,20H,4,18H2,1-3H3. The number of sulfonamides is 1. The number of hydrogen-bond acceptors (Lipinski definition) is 3. The number of aryl methyl sites for hydroxylation is 1. The summed E-state index contributed by atoms with van der Waals surface area (Å²) in [5.41, 5.74) is 1.92. The van der Waals surface area contributed by atoms with Crippen molar-refractivity contribution in [1.29, 1.82) is 0 Å². The van der Waals surface area contributed by atoms with Crippen LogP contribution in [0.2, 0.25) is 0 Å². The molecule has 0 heterocycles. The van der Waals surface area contributed by atoms with E-state index in [0.29, 0.717) is 10.6 Å². The zero-order valence-corrected chi connectivity index (χ0v) is 17.9. The molecule has 1 unspecified atom stereocenters. The Labute approximate surface area is 173 Å². The van der Waals surface area contributed by atoms with Gasteiger partial charge in [-0.15, -0.1) is 0 Å². The molecule has 3 aromatic carbocycles. The van der Waals surface area contributed by atoms with Crippen molar-refractivity contribution in [2.24, 2.45) is 0 Å². The minimum atomic E-state index is -3.61. The second-order valence-corrected chi connectivity index (χ2v) is 9.07. The number of ether oxygens (including phenoxy) is 1. The molecule has 0 bridgehead atoms. The minimum Gasteiger partial charge on any atom is -0.457 e. The number of para-hydroxylation sites is 1.